The molecule has 2 bridgehead atoms. The summed E-state index contributed by atoms with van der Waals surface area (Å²) in [5.74, 6) is 0.951. The molecule has 0 aliphatic heterocycles. The van der Waals surface area contributed by atoms with Crippen LogP contribution < -0.4 is 15.8 Å². The van der Waals surface area contributed by atoms with E-state index in [0.29, 0.717) is 11.9 Å². The molecule has 0 aromatic heterocycles. The second kappa shape index (κ2) is 7.86. The van der Waals surface area contributed by atoms with Gasteiger partial charge in [0.1, 0.15) is 12.4 Å². The molecule has 0 unspecified atom stereocenters. The Morgan fingerprint density at radius 2 is 1.71 bits per heavy atom. The van der Waals surface area contributed by atoms with Crippen LogP contribution in [0.25, 0.3) is 0 Å². The van der Waals surface area contributed by atoms with Crippen molar-refractivity contribution >= 4 is 5.91 Å². The Morgan fingerprint density at radius 1 is 1.14 bits per heavy atom. The van der Waals surface area contributed by atoms with Crippen molar-refractivity contribution in [2.75, 3.05) is 13.2 Å². The molecule has 5 heteroatoms. The minimum absolute atomic E-state index is 0.155. The number of fused-ring (bicyclic) bond motifs is 3. The monoisotopic (exact) mass is 388 g/mol. The van der Waals surface area contributed by atoms with Crippen LogP contribution in [0.2, 0.25) is 0 Å². The van der Waals surface area contributed by atoms with Gasteiger partial charge in [-0.3, -0.25) is 4.79 Å². The molecule has 3 N–H and O–H groups in total. The fourth-order valence-electron chi connectivity index (χ4n) is 4.65. The summed E-state index contributed by atoms with van der Waals surface area (Å²) in [6.07, 6.45) is 6.52. The molecule has 0 heterocycles. The van der Waals surface area contributed by atoms with Gasteiger partial charge >= 0.3 is 0 Å². The van der Waals surface area contributed by atoms with Crippen molar-refractivity contribution in [3.8, 4) is 5.75 Å². The van der Waals surface area contributed by atoms with Crippen molar-refractivity contribution in [2.24, 2.45) is 11.1 Å². The van der Waals surface area contributed by atoms with Gasteiger partial charge in [-0.05, 0) is 82.4 Å². The van der Waals surface area contributed by atoms with E-state index in [1.165, 1.54) is 5.56 Å². The van der Waals surface area contributed by atoms with E-state index in [2.05, 4.69) is 17.4 Å². The third-order valence-electron chi connectivity index (χ3n) is 6.52. The normalized spacial score (nSPS) is 27.5. The van der Waals surface area contributed by atoms with Gasteiger partial charge in [0.05, 0.1) is 6.33 Å². The van der Waals surface area contributed by atoms with Crippen LogP contribution in [0.3, 0.4) is 0 Å². The Kier molecular flexibility index (Phi) is 5.85. The third-order valence-corrected chi connectivity index (χ3v) is 6.52. The molecular formula is C23H33FN2O2. The Morgan fingerprint density at radius 3 is 2.18 bits per heavy atom. The maximum Gasteiger partial charge on any atom is 0.226 e. The van der Waals surface area contributed by atoms with E-state index >= 15 is 0 Å². The van der Waals surface area contributed by atoms with Crippen LogP contribution in [-0.4, -0.2) is 24.6 Å². The molecule has 3 fully saturated rings. The summed E-state index contributed by atoms with van der Waals surface area (Å²) in [4.78, 5) is 12.9. The van der Waals surface area contributed by atoms with Gasteiger partial charge in [0.15, 0.2) is 0 Å². The topological polar surface area (TPSA) is 64.3 Å². The fraction of sp³-hybridized carbons (Fsp3) is 0.609. The van der Waals surface area contributed by atoms with Gasteiger partial charge in [0.25, 0.3) is 0 Å². The first-order valence-corrected chi connectivity index (χ1v) is 10.3. The van der Waals surface area contributed by atoms with E-state index in [9.17, 15) is 9.18 Å². The summed E-state index contributed by atoms with van der Waals surface area (Å²) < 4.78 is 18.2. The van der Waals surface area contributed by atoms with E-state index in [4.69, 9.17) is 10.5 Å². The summed E-state index contributed by atoms with van der Waals surface area (Å²) in [6, 6.07) is 8.17. The van der Waals surface area contributed by atoms with Crippen molar-refractivity contribution in [3.05, 3.63) is 41.7 Å². The Hall–Kier alpha value is -1.88. The lowest BCUT2D eigenvalue weighted by Gasteiger charge is -2.53. The number of rotatable bonds is 6. The second-order valence-corrected chi connectivity index (χ2v) is 9.55. The van der Waals surface area contributed by atoms with Gasteiger partial charge in [-0.2, -0.15) is 0 Å². The van der Waals surface area contributed by atoms with Gasteiger partial charge in [-0.25, -0.2) is 4.39 Å². The molecule has 4 rings (SSSR count). The molecule has 1 aromatic rings. The zero-order valence-corrected chi connectivity index (χ0v) is 17.3. The lowest BCUT2D eigenvalue weighted by Crippen LogP contribution is -2.55. The number of halogens is 1. The van der Waals surface area contributed by atoms with Crippen LogP contribution in [0.15, 0.2) is 36.2 Å². The second-order valence-electron chi connectivity index (χ2n) is 9.55. The SMILES string of the molecule is CC(C)(C)NC(=O)C12CCC(c3ccc(OCC(=CF)CN)cc3)(CC1)CC2. The molecule has 154 valence electrons. The molecule has 0 saturated heterocycles. The molecule has 0 spiro atoms. The Labute approximate surface area is 167 Å². The zero-order valence-electron chi connectivity index (χ0n) is 17.3. The molecule has 1 aromatic carbocycles. The van der Waals surface area contributed by atoms with Crippen LogP contribution >= 0.6 is 0 Å². The number of ether oxygens (including phenoxy) is 1. The number of hydrogen-bond acceptors (Lipinski definition) is 3. The van der Waals surface area contributed by atoms with Gasteiger partial charge in [-0.1, -0.05) is 12.1 Å². The van der Waals surface area contributed by atoms with Crippen LogP contribution in [0.1, 0.15) is 64.9 Å². The van der Waals surface area contributed by atoms with Gasteiger partial charge in [-0.15, -0.1) is 0 Å². The number of nitrogens with one attached hydrogen (secondary N) is 1. The molecule has 28 heavy (non-hydrogen) atoms. The fourth-order valence-corrected chi connectivity index (χ4v) is 4.65. The van der Waals surface area contributed by atoms with E-state index in [1.807, 2.05) is 32.9 Å². The van der Waals surface area contributed by atoms with Gasteiger partial charge < -0.3 is 15.8 Å². The first-order valence-electron chi connectivity index (χ1n) is 10.3. The zero-order chi connectivity index (χ0) is 20.4. The van der Waals surface area contributed by atoms with Gasteiger partial charge in [0, 0.05) is 23.1 Å². The number of hydrogen-bond donors (Lipinski definition) is 2. The molecule has 1 amide bonds. The number of nitrogens with two attached hydrogens (primary N) is 1. The van der Waals surface area contributed by atoms with Crippen LogP contribution in [0, 0.1) is 5.41 Å². The molecule has 0 atom stereocenters. The Bertz CT molecular complexity index is 709. The molecule has 0 radical (unpaired) electrons. The number of carbonyl (C=O) groups is 1. The van der Waals surface area contributed by atoms with Crippen molar-refractivity contribution in [1.82, 2.24) is 5.32 Å². The van der Waals surface area contributed by atoms with Crippen molar-refractivity contribution in [1.29, 1.82) is 0 Å². The van der Waals surface area contributed by atoms with Crippen LogP contribution in [-0.2, 0) is 10.2 Å². The highest BCUT2D eigenvalue weighted by atomic mass is 19.1. The summed E-state index contributed by atoms with van der Waals surface area (Å²) in [5.41, 5.74) is 7.02. The van der Waals surface area contributed by atoms with E-state index in [1.54, 1.807) is 0 Å². The van der Waals surface area contributed by atoms with Crippen molar-refractivity contribution in [2.45, 2.75) is 70.3 Å². The minimum Gasteiger partial charge on any atom is -0.489 e. The molecular weight excluding hydrogens is 355 g/mol. The standard InChI is InChI=1S/C23H33FN2O2/c1-21(2,3)26-20(27)23-11-8-22(9-12-23,10-13-23)18-4-6-19(7-5-18)28-16-17(14-24)15-25/h4-7,14H,8-13,15-16,25H2,1-3H3,(H,26,27). The van der Waals surface area contributed by atoms with Crippen molar-refractivity contribution < 1.29 is 13.9 Å². The summed E-state index contributed by atoms with van der Waals surface area (Å²) in [5, 5.41) is 3.20. The molecule has 3 aliphatic rings. The van der Waals surface area contributed by atoms with E-state index < -0.39 is 0 Å². The average Bonchev–Trinajstić information content (AvgIpc) is 2.69. The maximum absolute atomic E-state index is 12.9. The van der Waals surface area contributed by atoms with Crippen molar-refractivity contribution in [3.63, 3.8) is 0 Å². The molecule has 4 nitrogen and oxygen atoms in total. The average molecular weight is 389 g/mol. The lowest BCUT2D eigenvalue weighted by molar-refractivity contribution is -0.139. The Balaban J connectivity index is 1.65. The first-order chi connectivity index (χ1) is 13.2. The minimum atomic E-state index is -0.186. The summed E-state index contributed by atoms with van der Waals surface area (Å²) in [6.45, 7) is 6.45. The highest BCUT2D eigenvalue weighted by Gasteiger charge is 2.53. The molecule has 3 saturated carbocycles. The summed E-state index contributed by atoms with van der Waals surface area (Å²) >= 11 is 0. The largest absolute Gasteiger partial charge is 0.489 e. The quantitative estimate of drug-likeness (QED) is 0.760. The molecule has 3 aliphatic carbocycles. The van der Waals surface area contributed by atoms with E-state index in [-0.39, 0.29) is 35.4 Å². The third kappa shape index (κ3) is 4.24. The van der Waals surface area contributed by atoms with Crippen LogP contribution in [0.4, 0.5) is 4.39 Å². The summed E-state index contributed by atoms with van der Waals surface area (Å²) in [7, 11) is 0. The number of benzene rings is 1. The van der Waals surface area contributed by atoms with Crippen LogP contribution in [0.5, 0.6) is 5.75 Å². The highest BCUT2D eigenvalue weighted by molar-refractivity contribution is 5.83. The number of amides is 1. The lowest BCUT2D eigenvalue weighted by atomic mass is 9.51. The smallest absolute Gasteiger partial charge is 0.226 e. The predicted octanol–water partition coefficient (Wildman–Crippen LogP) is 4.38. The highest BCUT2D eigenvalue weighted by Crippen LogP contribution is 2.58. The van der Waals surface area contributed by atoms with Gasteiger partial charge in [0.2, 0.25) is 5.91 Å². The number of carbonyl (C=O) groups excluding carboxylic acids is 1. The van der Waals surface area contributed by atoms with E-state index in [0.717, 1.165) is 44.3 Å². The predicted molar refractivity (Wildman–Crippen MR) is 110 cm³/mol. The maximum atomic E-state index is 12.9. The first kappa shape index (κ1) is 20.8.